The van der Waals surface area contributed by atoms with Gasteiger partial charge in [-0.3, -0.25) is 0 Å². The first kappa shape index (κ1) is 16.5. The summed E-state index contributed by atoms with van der Waals surface area (Å²) in [5, 5.41) is 16.8. The second-order valence-electron chi connectivity index (χ2n) is 5.81. The Labute approximate surface area is 154 Å². The number of hydrogen-bond acceptors (Lipinski definition) is 7. The third-order valence-electron chi connectivity index (χ3n) is 3.79. The molecule has 2 aromatic carbocycles. The van der Waals surface area contributed by atoms with E-state index >= 15 is 0 Å². The number of nitrogens with zero attached hydrogens (tertiary/aromatic N) is 4. The summed E-state index contributed by atoms with van der Waals surface area (Å²) in [4.78, 5) is 0. The Morgan fingerprint density at radius 1 is 0.769 bits per heavy atom. The molecule has 6 nitrogen and oxygen atoms in total. The number of hydrogen-bond donors (Lipinski definition) is 0. The Hall–Kier alpha value is -2.93. The van der Waals surface area contributed by atoms with Crippen LogP contribution in [0.4, 0.5) is 0 Å². The van der Waals surface area contributed by atoms with Crippen LogP contribution in [0.5, 0.6) is 0 Å². The normalized spacial score (nSPS) is 12.2. The fraction of sp³-hybridized carbons (Fsp3) is 0.158. The SMILES string of the molecule is Cc1ccc(-c2nnc(S[C@@H](C)c3nnc(-c4ccccc4)o3)o2)cc1. The molecule has 0 aliphatic rings. The van der Waals surface area contributed by atoms with Gasteiger partial charge in [0.15, 0.2) is 0 Å². The molecule has 26 heavy (non-hydrogen) atoms. The molecular formula is C19H16N4O2S. The first-order valence-electron chi connectivity index (χ1n) is 8.15. The van der Waals surface area contributed by atoms with E-state index in [9.17, 15) is 0 Å². The average Bonchev–Trinajstić information content (AvgIpc) is 3.33. The van der Waals surface area contributed by atoms with Crippen molar-refractivity contribution in [3.8, 4) is 22.9 Å². The van der Waals surface area contributed by atoms with Gasteiger partial charge in [-0.25, -0.2) is 0 Å². The molecular weight excluding hydrogens is 348 g/mol. The average molecular weight is 364 g/mol. The van der Waals surface area contributed by atoms with Crippen molar-refractivity contribution < 1.29 is 8.83 Å². The summed E-state index contributed by atoms with van der Waals surface area (Å²) in [7, 11) is 0. The molecule has 0 bridgehead atoms. The van der Waals surface area contributed by atoms with Gasteiger partial charge >= 0.3 is 0 Å². The van der Waals surface area contributed by atoms with Gasteiger partial charge in [-0.1, -0.05) is 47.7 Å². The quantitative estimate of drug-likeness (QED) is 0.464. The van der Waals surface area contributed by atoms with E-state index in [1.54, 1.807) is 0 Å². The van der Waals surface area contributed by atoms with Gasteiger partial charge in [0.2, 0.25) is 17.7 Å². The lowest BCUT2D eigenvalue weighted by molar-refractivity contribution is 0.461. The van der Waals surface area contributed by atoms with Gasteiger partial charge in [-0.15, -0.1) is 20.4 Å². The van der Waals surface area contributed by atoms with E-state index in [2.05, 4.69) is 20.4 Å². The summed E-state index contributed by atoms with van der Waals surface area (Å²) in [6, 6.07) is 17.6. The minimum atomic E-state index is -0.105. The molecule has 2 heterocycles. The molecule has 0 saturated carbocycles. The Morgan fingerprint density at radius 2 is 1.42 bits per heavy atom. The predicted molar refractivity (Wildman–Crippen MR) is 98.5 cm³/mol. The molecule has 0 aliphatic heterocycles. The molecule has 4 rings (SSSR count). The van der Waals surface area contributed by atoms with Crippen molar-refractivity contribution in [1.82, 2.24) is 20.4 Å². The van der Waals surface area contributed by atoms with E-state index in [1.165, 1.54) is 17.3 Å². The van der Waals surface area contributed by atoms with Gasteiger partial charge in [0.1, 0.15) is 0 Å². The summed E-state index contributed by atoms with van der Waals surface area (Å²) in [6.07, 6.45) is 0. The highest BCUT2D eigenvalue weighted by molar-refractivity contribution is 7.99. The molecule has 0 spiro atoms. The van der Waals surface area contributed by atoms with Gasteiger partial charge in [0.05, 0.1) is 5.25 Å². The molecule has 1 atom stereocenters. The molecule has 4 aromatic rings. The van der Waals surface area contributed by atoms with Crippen LogP contribution in [0.3, 0.4) is 0 Å². The van der Waals surface area contributed by atoms with E-state index in [0.29, 0.717) is 22.9 Å². The smallest absolute Gasteiger partial charge is 0.277 e. The Balaban J connectivity index is 1.48. The van der Waals surface area contributed by atoms with Crippen molar-refractivity contribution in [3.05, 3.63) is 66.1 Å². The Morgan fingerprint density at radius 3 is 2.19 bits per heavy atom. The number of benzene rings is 2. The van der Waals surface area contributed by atoms with Crippen molar-refractivity contribution in [3.63, 3.8) is 0 Å². The number of thioether (sulfide) groups is 1. The summed E-state index contributed by atoms with van der Waals surface area (Å²) in [6.45, 7) is 4.00. The van der Waals surface area contributed by atoms with Crippen molar-refractivity contribution in [2.45, 2.75) is 24.3 Å². The molecule has 2 aromatic heterocycles. The van der Waals surface area contributed by atoms with Crippen LogP contribution in [-0.4, -0.2) is 20.4 Å². The zero-order chi connectivity index (χ0) is 17.9. The van der Waals surface area contributed by atoms with E-state index in [0.717, 1.165) is 11.1 Å². The van der Waals surface area contributed by atoms with Crippen LogP contribution < -0.4 is 0 Å². The van der Waals surface area contributed by atoms with Crippen molar-refractivity contribution in [2.24, 2.45) is 0 Å². The van der Waals surface area contributed by atoms with Crippen molar-refractivity contribution in [2.75, 3.05) is 0 Å². The largest absolute Gasteiger partial charge is 0.419 e. The lowest BCUT2D eigenvalue weighted by atomic mass is 10.1. The molecule has 0 unspecified atom stereocenters. The molecule has 7 heteroatoms. The van der Waals surface area contributed by atoms with Gasteiger partial charge in [-0.2, -0.15) is 0 Å². The van der Waals surface area contributed by atoms with Crippen molar-refractivity contribution in [1.29, 1.82) is 0 Å². The first-order chi connectivity index (χ1) is 12.7. The standard InChI is InChI=1S/C19H16N4O2S/c1-12-8-10-15(11-9-12)18-22-23-19(25-18)26-13(2)16-20-21-17(24-16)14-6-4-3-5-7-14/h3-11,13H,1-2H3/t13-/m0/s1. The van der Waals surface area contributed by atoms with E-state index in [1.807, 2.05) is 68.4 Å². The Bertz CT molecular complexity index is 996. The second kappa shape index (κ2) is 7.13. The third kappa shape index (κ3) is 3.52. The zero-order valence-electron chi connectivity index (χ0n) is 14.3. The van der Waals surface area contributed by atoms with E-state index < -0.39 is 0 Å². The molecule has 0 radical (unpaired) electrons. The summed E-state index contributed by atoms with van der Waals surface area (Å²) in [5.74, 6) is 1.51. The van der Waals surface area contributed by atoms with Crippen LogP contribution in [0.25, 0.3) is 22.9 Å². The van der Waals surface area contributed by atoms with E-state index in [-0.39, 0.29) is 5.25 Å². The highest BCUT2D eigenvalue weighted by Crippen LogP contribution is 2.35. The van der Waals surface area contributed by atoms with Crippen LogP contribution in [0.1, 0.15) is 23.6 Å². The van der Waals surface area contributed by atoms with Crippen LogP contribution in [-0.2, 0) is 0 Å². The van der Waals surface area contributed by atoms with Gasteiger partial charge in [0, 0.05) is 11.1 Å². The topological polar surface area (TPSA) is 77.8 Å². The maximum atomic E-state index is 5.78. The first-order valence-corrected chi connectivity index (χ1v) is 9.03. The molecule has 0 amide bonds. The number of aromatic nitrogens is 4. The minimum absolute atomic E-state index is 0.105. The molecule has 0 fully saturated rings. The van der Waals surface area contributed by atoms with Gasteiger partial charge < -0.3 is 8.83 Å². The summed E-state index contributed by atoms with van der Waals surface area (Å²) >= 11 is 1.39. The van der Waals surface area contributed by atoms with Crippen LogP contribution in [0, 0.1) is 6.92 Å². The van der Waals surface area contributed by atoms with Crippen LogP contribution in [0.15, 0.2) is 68.7 Å². The third-order valence-corrected chi connectivity index (χ3v) is 4.71. The summed E-state index contributed by atoms with van der Waals surface area (Å²) < 4.78 is 11.5. The lowest BCUT2D eigenvalue weighted by Crippen LogP contribution is -1.88. The second-order valence-corrected chi connectivity index (χ2v) is 7.10. The van der Waals surface area contributed by atoms with Crippen LogP contribution in [0.2, 0.25) is 0 Å². The maximum Gasteiger partial charge on any atom is 0.277 e. The maximum absolute atomic E-state index is 5.78. The molecule has 0 aliphatic carbocycles. The van der Waals surface area contributed by atoms with Crippen LogP contribution >= 0.6 is 11.8 Å². The fourth-order valence-corrected chi connectivity index (χ4v) is 3.08. The van der Waals surface area contributed by atoms with E-state index in [4.69, 9.17) is 8.83 Å². The summed E-state index contributed by atoms with van der Waals surface area (Å²) in [5.41, 5.74) is 2.97. The Kier molecular flexibility index (Phi) is 4.53. The number of aryl methyl sites for hydroxylation is 1. The molecule has 0 saturated heterocycles. The predicted octanol–water partition coefficient (Wildman–Crippen LogP) is 4.95. The van der Waals surface area contributed by atoms with Gasteiger partial charge in [-0.05, 0) is 38.1 Å². The molecule has 0 N–H and O–H groups in total. The molecule has 130 valence electrons. The highest BCUT2D eigenvalue weighted by Gasteiger charge is 2.19. The fourth-order valence-electron chi connectivity index (χ4n) is 2.37. The number of rotatable bonds is 5. The minimum Gasteiger partial charge on any atom is -0.419 e. The van der Waals surface area contributed by atoms with Gasteiger partial charge in [0.25, 0.3) is 5.22 Å². The lowest BCUT2D eigenvalue weighted by Gasteiger charge is -2.01. The van der Waals surface area contributed by atoms with Crippen molar-refractivity contribution >= 4 is 11.8 Å². The highest BCUT2D eigenvalue weighted by atomic mass is 32.2. The zero-order valence-corrected chi connectivity index (χ0v) is 15.1. The monoisotopic (exact) mass is 364 g/mol.